The van der Waals surface area contributed by atoms with Gasteiger partial charge in [-0.15, -0.1) is 0 Å². The smallest absolute Gasteiger partial charge is 0.173 e. The average molecular weight is 301 g/mol. The van der Waals surface area contributed by atoms with Gasteiger partial charge < -0.3 is 10.2 Å². The third-order valence-electron chi connectivity index (χ3n) is 2.46. The molecule has 0 spiro atoms. The Labute approximate surface area is 111 Å². The van der Waals surface area contributed by atoms with E-state index in [0.29, 0.717) is 0 Å². The number of aryl methyl sites for hydroxylation is 1. The quantitative estimate of drug-likeness (QED) is 0.855. The van der Waals surface area contributed by atoms with Crippen LogP contribution in [0.4, 0.5) is 5.69 Å². The predicted octanol–water partition coefficient (Wildman–Crippen LogP) is 3.80. The summed E-state index contributed by atoms with van der Waals surface area (Å²) in [6.45, 7) is 8.13. The third-order valence-corrected chi connectivity index (χ3v) is 3.71. The zero-order valence-corrected chi connectivity index (χ0v) is 12.3. The van der Waals surface area contributed by atoms with Crippen LogP contribution < -0.4 is 5.32 Å². The molecule has 1 aromatic rings. The van der Waals surface area contributed by atoms with Gasteiger partial charge in [-0.2, -0.15) is 0 Å². The van der Waals surface area contributed by atoms with Crippen LogP contribution in [-0.4, -0.2) is 23.1 Å². The molecule has 0 atom stereocenters. The standard InChI is InChI=1S/C12H17BrN2S/c1-4-15(5-2)12(16)14-10-6-7-11(13)9(3)8-10/h6-8H,4-5H2,1-3H3,(H,14,16). The molecule has 0 heterocycles. The highest BCUT2D eigenvalue weighted by molar-refractivity contribution is 9.10. The van der Waals surface area contributed by atoms with Crippen LogP contribution in [0.25, 0.3) is 0 Å². The SMILES string of the molecule is CCN(CC)C(=S)Nc1ccc(Br)c(C)c1. The van der Waals surface area contributed by atoms with Gasteiger partial charge in [0.15, 0.2) is 5.11 Å². The number of halogens is 1. The van der Waals surface area contributed by atoms with Crippen LogP contribution in [0, 0.1) is 6.92 Å². The lowest BCUT2D eigenvalue weighted by Gasteiger charge is -2.22. The van der Waals surface area contributed by atoms with E-state index in [2.05, 4.69) is 53.0 Å². The molecular formula is C12H17BrN2S. The number of benzene rings is 1. The minimum absolute atomic E-state index is 0.784. The number of hydrogen-bond acceptors (Lipinski definition) is 1. The van der Waals surface area contributed by atoms with Gasteiger partial charge in [-0.05, 0) is 56.8 Å². The normalized spacial score (nSPS) is 10.0. The third kappa shape index (κ3) is 3.46. The minimum atomic E-state index is 0.784. The van der Waals surface area contributed by atoms with Crippen LogP contribution >= 0.6 is 28.1 Å². The van der Waals surface area contributed by atoms with Crippen molar-refractivity contribution in [1.82, 2.24) is 4.90 Å². The summed E-state index contributed by atoms with van der Waals surface area (Å²) in [7, 11) is 0. The second-order valence-electron chi connectivity index (χ2n) is 3.57. The molecule has 0 aliphatic heterocycles. The van der Waals surface area contributed by atoms with E-state index in [4.69, 9.17) is 12.2 Å². The molecule has 0 aliphatic rings. The van der Waals surface area contributed by atoms with Crippen LogP contribution in [-0.2, 0) is 0 Å². The first-order valence-electron chi connectivity index (χ1n) is 5.40. The van der Waals surface area contributed by atoms with Crippen molar-refractivity contribution in [3.8, 4) is 0 Å². The highest BCUT2D eigenvalue weighted by Gasteiger charge is 2.05. The van der Waals surface area contributed by atoms with Crippen molar-refractivity contribution < 1.29 is 0 Å². The Morgan fingerprint density at radius 3 is 2.50 bits per heavy atom. The van der Waals surface area contributed by atoms with E-state index in [9.17, 15) is 0 Å². The van der Waals surface area contributed by atoms with E-state index >= 15 is 0 Å². The maximum Gasteiger partial charge on any atom is 0.173 e. The number of hydrogen-bond donors (Lipinski definition) is 1. The summed E-state index contributed by atoms with van der Waals surface area (Å²) in [5, 5.41) is 4.03. The Balaban J connectivity index is 2.73. The van der Waals surface area contributed by atoms with Crippen molar-refractivity contribution >= 4 is 38.9 Å². The molecule has 88 valence electrons. The second kappa shape index (κ2) is 6.21. The predicted molar refractivity (Wildman–Crippen MR) is 78.0 cm³/mol. The zero-order valence-electron chi connectivity index (χ0n) is 9.88. The molecule has 1 N–H and O–H groups in total. The summed E-state index contributed by atoms with van der Waals surface area (Å²) in [4.78, 5) is 2.12. The fourth-order valence-corrected chi connectivity index (χ4v) is 2.06. The van der Waals surface area contributed by atoms with Gasteiger partial charge in [0, 0.05) is 23.2 Å². The lowest BCUT2D eigenvalue weighted by Crippen LogP contribution is -2.34. The summed E-state index contributed by atoms with van der Waals surface area (Å²) < 4.78 is 1.12. The first-order valence-corrected chi connectivity index (χ1v) is 6.60. The molecule has 4 heteroatoms. The number of nitrogens with zero attached hydrogens (tertiary/aromatic N) is 1. The fraction of sp³-hybridized carbons (Fsp3) is 0.417. The average Bonchev–Trinajstić information content (AvgIpc) is 2.25. The lowest BCUT2D eigenvalue weighted by atomic mass is 10.2. The Kier molecular flexibility index (Phi) is 5.22. The first kappa shape index (κ1) is 13.5. The molecule has 0 fully saturated rings. The maximum absolute atomic E-state index is 5.33. The van der Waals surface area contributed by atoms with Crippen LogP contribution in [0.15, 0.2) is 22.7 Å². The monoisotopic (exact) mass is 300 g/mol. The summed E-state index contributed by atoms with van der Waals surface area (Å²) in [6, 6.07) is 6.13. The molecule has 1 rings (SSSR count). The Bertz CT molecular complexity index is 375. The number of rotatable bonds is 3. The molecule has 0 aliphatic carbocycles. The summed E-state index contributed by atoms with van der Waals surface area (Å²) in [5.41, 5.74) is 2.24. The molecule has 0 unspecified atom stereocenters. The van der Waals surface area contributed by atoms with E-state index in [1.807, 2.05) is 12.1 Å². The van der Waals surface area contributed by atoms with Gasteiger partial charge in [0.25, 0.3) is 0 Å². The van der Waals surface area contributed by atoms with E-state index < -0.39 is 0 Å². The van der Waals surface area contributed by atoms with Crippen LogP contribution in [0.3, 0.4) is 0 Å². The summed E-state index contributed by atoms with van der Waals surface area (Å²) in [6.07, 6.45) is 0. The first-order chi connectivity index (χ1) is 7.58. The minimum Gasteiger partial charge on any atom is -0.350 e. The van der Waals surface area contributed by atoms with Crippen molar-refractivity contribution in [2.45, 2.75) is 20.8 Å². The topological polar surface area (TPSA) is 15.3 Å². The highest BCUT2D eigenvalue weighted by atomic mass is 79.9. The molecule has 2 nitrogen and oxygen atoms in total. The zero-order chi connectivity index (χ0) is 12.1. The fourth-order valence-electron chi connectivity index (χ4n) is 1.44. The highest BCUT2D eigenvalue weighted by Crippen LogP contribution is 2.20. The van der Waals surface area contributed by atoms with E-state index in [1.165, 1.54) is 5.56 Å². The summed E-state index contributed by atoms with van der Waals surface area (Å²) >= 11 is 8.82. The maximum atomic E-state index is 5.33. The van der Waals surface area contributed by atoms with E-state index in [0.717, 1.165) is 28.4 Å². The number of thiocarbonyl (C=S) groups is 1. The molecular weight excluding hydrogens is 284 g/mol. The van der Waals surface area contributed by atoms with Gasteiger partial charge >= 0.3 is 0 Å². The second-order valence-corrected chi connectivity index (χ2v) is 4.81. The van der Waals surface area contributed by atoms with Gasteiger partial charge in [0.2, 0.25) is 0 Å². The molecule has 0 aromatic heterocycles. The van der Waals surface area contributed by atoms with E-state index in [-0.39, 0.29) is 0 Å². The molecule has 0 saturated carbocycles. The van der Waals surface area contributed by atoms with Crippen LogP contribution in [0.2, 0.25) is 0 Å². The van der Waals surface area contributed by atoms with Gasteiger partial charge in [0.1, 0.15) is 0 Å². The van der Waals surface area contributed by atoms with Crippen molar-refractivity contribution in [1.29, 1.82) is 0 Å². The number of nitrogens with one attached hydrogen (secondary N) is 1. The van der Waals surface area contributed by atoms with Crippen molar-refractivity contribution in [3.05, 3.63) is 28.2 Å². The van der Waals surface area contributed by atoms with Gasteiger partial charge in [-0.25, -0.2) is 0 Å². The molecule has 16 heavy (non-hydrogen) atoms. The molecule has 0 saturated heterocycles. The Morgan fingerprint density at radius 2 is 2.00 bits per heavy atom. The van der Waals surface area contributed by atoms with Crippen molar-refractivity contribution in [3.63, 3.8) is 0 Å². The van der Waals surface area contributed by atoms with Crippen molar-refractivity contribution in [2.75, 3.05) is 18.4 Å². The summed E-state index contributed by atoms with van der Waals surface area (Å²) in [5.74, 6) is 0. The van der Waals surface area contributed by atoms with Gasteiger partial charge in [0.05, 0.1) is 0 Å². The van der Waals surface area contributed by atoms with Crippen molar-refractivity contribution in [2.24, 2.45) is 0 Å². The molecule has 0 bridgehead atoms. The number of anilines is 1. The molecule has 1 aromatic carbocycles. The van der Waals surface area contributed by atoms with Crippen LogP contribution in [0.5, 0.6) is 0 Å². The van der Waals surface area contributed by atoms with Gasteiger partial charge in [-0.3, -0.25) is 0 Å². The molecule has 0 amide bonds. The Morgan fingerprint density at radius 1 is 1.38 bits per heavy atom. The Hall–Kier alpha value is -0.610. The van der Waals surface area contributed by atoms with E-state index in [1.54, 1.807) is 0 Å². The van der Waals surface area contributed by atoms with Gasteiger partial charge in [-0.1, -0.05) is 15.9 Å². The van der Waals surface area contributed by atoms with Crippen LogP contribution in [0.1, 0.15) is 19.4 Å². The molecule has 0 radical (unpaired) electrons. The largest absolute Gasteiger partial charge is 0.350 e. The lowest BCUT2D eigenvalue weighted by molar-refractivity contribution is 0.473.